The fourth-order valence-corrected chi connectivity index (χ4v) is 8.20. The van der Waals surface area contributed by atoms with Crippen LogP contribution in [0.2, 0.25) is 10.0 Å². The van der Waals surface area contributed by atoms with Crippen molar-refractivity contribution in [2.24, 2.45) is 0 Å². The molecule has 0 atom stereocenters. The molecule has 0 spiro atoms. The van der Waals surface area contributed by atoms with Crippen LogP contribution in [-0.4, -0.2) is 98.8 Å². The number of aromatic nitrogens is 2. The van der Waals surface area contributed by atoms with Crippen LogP contribution in [0.3, 0.4) is 0 Å². The maximum absolute atomic E-state index is 13.3. The molecule has 2 radical (unpaired) electrons. The Balaban J connectivity index is 1.53. The van der Waals surface area contributed by atoms with E-state index in [4.69, 9.17) is 32.7 Å². The first kappa shape index (κ1) is 30.9. The van der Waals surface area contributed by atoms with Crippen LogP contribution in [0, 0.1) is 10.1 Å². The third-order valence-corrected chi connectivity index (χ3v) is 12.1. The molecule has 216 valence electrons. The van der Waals surface area contributed by atoms with Crippen molar-refractivity contribution in [3.05, 3.63) is 56.8 Å². The molecule has 15 heteroatoms. The molecule has 0 bridgehead atoms. The van der Waals surface area contributed by atoms with E-state index in [9.17, 15) is 14.9 Å². The van der Waals surface area contributed by atoms with E-state index in [1.165, 1.54) is 25.4 Å². The van der Waals surface area contributed by atoms with Crippen LogP contribution >= 0.6 is 23.2 Å². The van der Waals surface area contributed by atoms with Crippen LogP contribution in [0.25, 0.3) is 0 Å². The van der Waals surface area contributed by atoms with Crippen LogP contribution in [0.1, 0.15) is 6.92 Å². The molecule has 0 aliphatic carbocycles. The third-order valence-electron chi connectivity index (χ3n) is 6.73. The topological polar surface area (TPSA) is 126 Å². The Bertz CT molecular complexity index is 1410. The number of halogens is 2. The van der Waals surface area contributed by atoms with E-state index in [0.29, 0.717) is 26.7 Å². The van der Waals surface area contributed by atoms with E-state index in [2.05, 4.69) is 32.0 Å². The molecule has 1 aliphatic heterocycles. The van der Waals surface area contributed by atoms with Gasteiger partial charge in [-0.25, -0.2) is 0 Å². The summed E-state index contributed by atoms with van der Waals surface area (Å²) in [5.41, 5.74) is 1.00. The molecule has 2 aromatic carbocycles. The van der Waals surface area contributed by atoms with E-state index in [1.807, 2.05) is 6.07 Å². The molecule has 2 heterocycles. The number of benzene rings is 2. The zero-order valence-corrected chi connectivity index (χ0v) is 27.3. The Morgan fingerprint density at radius 1 is 1.10 bits per heavy atom. The average Bonchev–Trinajstić information content (AvgIpc) is 2.99. The van der Waals surface area contributed by atoms with Crippen molar-refractivity contribution >= 4 is 80.5 Å². The van der Waals surface area contributed by atoms with Gasteiger partial charge in [0.1, 0.15) is 0 Å². The second-order valence-electron chi connectivity index (χ2n) is 9.04. The second kappa shape index (κ2) is 13.7. The summed E-state index contributed by atoms with van der Waals surface area (Å²) in [6, 6.07) is 8.23. The molecule has 1 amide bonds. The molecular weight excluding hydrogens is 680 g/mol. The monoisotopic (exact) mass is 709 g/mol. The number of nitro benzene ring substituents is 1. The number of amides is 1. The number of rotatable bonds is 10. The fraction of sp³-hybridized carbons (Fsp3) is 0.346. The fourth-order valence-electron chi connectivity index (χ4n) is 4.32. The number of anilines is 4. The Morgan fingerprint density at radius 2 is 1.76 bits per heavy atom. The van der Waals surface area contributed by atoms with Gasteiger partial charge in [0.25, 0.3) is 0 Å². The Labute approximate surface area is 257 Å². The van der Waals surface area contributed by atoms with Gasteiger partial charge in [-0.1, -0.05) is 6.92 Å². The predicted octanol–water partition coefficient (Wildman–Crippen LogP) is 4.18. The molecule has 4 rings (SSSR count). The number of nitro groups is 1. The first-order chi connectivity index (χ1) is 19.7. The Kier molecular flexibility index (Phi) is 10.3. The molecule has 3 aromatic rings. The summed E-state index contributed by atoms with van der Waals surface area (Å²) in [6.07, 6.45) is 1.29. The Morgan fingerprint density at radius 3 is 2.34 bits per heavy atom. The number of hydrogen-bond donors (Lipinski definition) is 1. The van der Waals surface area contributed by atoms with Gasteiger partial charge in [-0.15, -0.1) is 0 Å². The molecule has 0 saturated carbocycles. The molecule has 1 N–H and O–H groups in total. The van der Waals surface area contributed by atoms with Gasteiger partial charge in [0.2, 0.25) is 0 Å². The molecule has 1 saturated heterocycles. The number of carbonyl (C=O) groups excluding carboxylic acids is 1. The number of ether oxygens (including phenoxy) is 2. The summed E-state index contributed by atoms with van der Waals surface area (Å²) >= 11 is 10.9. The van der Waals surface area contributed by atoms with Gasteiger partial charge in [0, 0.05) is 13.1 Å². The van der Waals surface area contributed by atoms with Crippen LogP contribution in [0.15, 0.2) is 36.7 Å². The number of piperazine rings is 1. The standard InChI is InChI=1S/C18H22N7O3.C8H7Cl2O2.Sn/c1-3-23-6-8-24(9-7-23)14-4-5-15(16(10-14)25(27)28)21-17-11-18(20-12-19-17)22(2)13-26;1-11-7-4-8(12-2)6(10)3-5(7)9;/h4-5,10-12H,3,6-9H2,1-2H3,(H,19,20,21);4H,1-2H3;. The van der Waals surface area contributed by atoms with E-state index in [1.54, 1.807) is 31.3 Å². The van der Waals surface area contributed by atoms with Gasteiger partial charge in [-0.2, -0.15) is 0 Å². The van der Waals surface area contributed by atoms with E-state index in [-0.39, 0.29) is 25.3 Å². The summed E-state index contributed by atoms with van der Waals surface area (Å²) in [7, 11) is 4.53. The van der Waals surface area contributed by atoms with Crippen LogP contribution in [0.5, 0.6) is 11.5 Å². The molecule has 1 aromatic heterocycles. The van der Waals surface area contributed by atoms with E-state index < -0.39 is 26.1 Å². The van der Waals surface area contributed by atoms with Crippen molar-refractivity contribution in [3.63, 3.8) is 0 Å². The van der Waals surface area contributed by atoms with Crippen LogP contribution in [0.4, 0.5) is 33.5 Å². The summed E-state index contributed by atoms with van der Waals surface area (Å²) in [6.45, 7) is 6.53. The summed E-state index contributed by atoms with van der Waals surface area (Å²) in [4.78, 5) is 39.1. The Hall–Kier alpha value is -3.07. The van der Waals surface area contributed by atoms with Crippen molar-refractivity contribution in [1.29, 1.82) is 0 Å². The minimum atomic E-state index is -2.07. The normalized spacial score (nSPS) is 13.6. The minimum absolute atomic E-state index is 0.0738. The molecule has 1 aliphatic rings. The van der Waals surface area contributed by atoms with Crippen molar-refractivity contribution in [3.8, 4) is 11.5 Å². The van der Waals surface area contributed by atoms with Crippen molar-refractivity contribution in [1.82, 2.24) is 14.9 Å². The van der Waals surface area contributed by atoms with Gasteiger partial charge >= 0.3 is 227 Å². The number of likely N-dealkylation sites (N-methyl/N-ethyl adjacent to an activating group) is 1. The van der Waals surface area contributed by atoms with Gasteiger partial charge < -0.3 is 4.90 Å². The number of carbonyl (C=O) groups is 1. The summed E-state index contributed by atoms with van der Waals surface area (Å²) < 4.78 is 10.9. The number of hydrogen-bond acceptors (Lipinski definition) is 10. The minimum Gasteiger partial charge on any atom is 0.0158 e. The maximum atomic E-state index is 13.3. The van der Waals surface area contributed by atoms with Crippen molar-refractivity contribution < 1.29 is 19.2 Å². The predicted molar refractivity (Wildman–Crippen MR) is 161 cm³/mol. The molecule has 41 heavy (non-hydrogen) atoms. The average molecular weight is 709 g/mol. The SMILES string of the molecule is CCN1CCN(c2ccc(Nc3cc(N(C)[C](=O)[Sn][c]4c(Cl)c(OC)cc(OC)c4Cl)ncn3)c([N+](=O)[O-])c2)CC1. The first-order valence-corrected chi connectivity index (χ1v) is 16.3. The molecular formula is C26H29Cl2N7O5Sn. The first-order valence-electron chi connectivity index (χ1n) is 12.7. The smallest absolute Gasteiger partial charge is 0.0158 e. The van der Waals surface area contributed by atoms with Gasteiger partial charge in [0.15, 0.2) is 0 Å². The van der Waals surface area contributed by atoms with E-state index in [0.717, 1.165) is 38.4 Å². The van der Waals surface area contributed by atoms with Crippen LogP contribution in [-0.2, 0) is 0 Å². The van der Waals surface area contributed by atoms with E-state index >= 15 is 0 Å². The number of nitrogens with zero attached hydrogens (tertiary/aromatic N) is 6. The van der Waals surface area contributed by atoms with Gasteiger partial charge in [-0.3, -0.25) is 0 Å². The number of methoxy groups -OCH3 is 2. The molecule has 0 unspecified atom stereocenters. The van der Waals surface area contributed by atoms with Crippen molar-refractivity contribution in [2.75, 3.05) is 69.1 Å². The zero-order valence-electron chi connectivity index (χ0n) is 23.0. The van der Waals surface area contributed by atoms with Crippen molar-refractivity contribution in [2.45, 2.75) is 6.92 Å². The zero-order chi connectivity index (χ0) is 29.7. The summed E-state index contributed by atoms with van der Waals surface area (Å²) in [5, 5.41) is 15.5. The summed E-state index contributed by atoms with van der Waals surface area (Å²) in [5.74, 6) is 1.34. The van der Waals surface area contributed by atoms with Crippen LogP contribution < -0.4 is 28.2 Å². The molecule has 12 nitrogen and oxygen atoms in total. The third kappa shape index (κ3) is 7.05. The molecule has 1 fully saturated rings. The van der Waals surface area contributed by atoms with Gasteiger partial charge in [-0.05, 0) is 6.54 Å². The second-order valence-corrected chi connectivity index (χ2v) is 13.2. The number of nitrogens with one attached hydrogen (secondary N) is 1. The van der Waals surface area contributed by atoms with Gasteiger partial charge in [0.05, 0.1) is 0 Å². The quantitative estimate of drug-likeness (QED) is 0.186.